The van der Waals surface area contributed by atoms with E-state index in [1.165, 1.54) is 19.4 Å². The van der Waals surface area contributed by atoms with Crippen molar-refractivity contribution in [2.45, 2.75) is 12.7 Å². The molecule has 0 amide bonds. The van der Waals surface area contributed by atoms with Crippen molar-refractivity contribution in [3.8, 4) is 0 Å². The number of hydrogen-bond donors (Lipinski definition) is 0. The van der Waals surface area contributed by atoms with Crippen LogP contribution >= 0.6 is 0 Å². The summed E-state index contributed by atoms with van der Waals surface area (Å²) in [4.78, 5) is 21.3. The summed E-state index contributed by atoms with van der Waals surface area (Å²) in [6.45, 7) is 0. The molecular formula is C7H8O5. The molecule has 1 heterocycles. The molecular weight excluding hydrogens is 164 g/mol. The second kappa shape index (κ2) is 3.75. The van der Waals surface area contributed by atoms with Crippen molar-refractivity contribution in [1.82, 2.24) is 0 Å². The molecule has 0 radical (unpaired) electrons. The molecule has 12 heavy (non-hydrogen) atoms. The normalized spacial score (nSPS) is 19.1. The second-order valence-electron chi connectivity index (χ2n) is 2.09. The Hall–Kier alpha value is -1.52. The summed E-state index contributed by atoms with van der Waals surface area (Å²) >= 11 is 0. The Kier molecular flexibility index (Phi) is 2.68. The topological polar surface area (TPSA) is 61.8 Å². The van der Waals surface area contributed by atoms with E-state index in [0.717, 1.165) is 0 Å². The Morgan fingerprint density at radius 1 is 1.42 bits per heavy atom. The standard InChI is InChI=1S/C7H8O5/c1-10-3-2-7-11-5(8)4-6(9)12-7/h2-3,7H,4H2,1H3/b3-2+. The van der Waals surface area contributed by atoms with Gasteiger partial charge in [0, 0.05) is 6.08 Å². The minimum atomic E-state index is -0.946. The van der Waals surface area contributed by atoms with Gasteiger partial charge in [-0.25, -0.2) is 0 Å². The molecule has 0 bridgehead atoms. The van der Waals surface area contributed by atoms with E-state index in [-0.39, 0.29) is 6.42 Å². The van der Waals surface area contributed by atoms with Gasteiger partial charge in [0.25, 0.3) is 6.29 Å². The molecule has 1 rings (SSSR count). The molecule has 0 spiro atoms. The maximum atomic E-state index is 10.6. The first-order valence-corrected chi connectivity index (χ1v) is 3.31. The van der Waals surface area contributed by atoms with Crippen LogP contribution < -0.4 is 0 Å². The lowest BCUT2D eigenvalue weighted by Crippen LogP contribution is -2.30. The van der Waals surface area contributed by atoms with Crippen LogP contribution in [-0.4, -0.2) is 25.3 Å². The average Bonchev–Trinajstić information content (AvgIpc) is 1.99. The number of carbonyl (C=O) groups excluding carboxylic acids is 2. The SMILES string of the molecule is CO/C=C/C1OC(=O)CC(=O)O1. The molecule has 0 atom stereocenters. The van der Waals surface area contributed by atoms with Gasteiger partial charge in [0.2, 0.25) is 0 Å². The van der Waals surface area contributed by atoms with Crippen LogP contribution in [0.15, 0.2) is 12.3 Å². The summed E-state index contributed by atoms with van der Waals surface area (Å²) in [7, 11) is 1.43. The van der Waals surface area contributed by atoms with Gasteiger partial charge in [0.15, 0.2) is 0 Å². The fraction of sp³-hybridized carbons (Fsp3) is 0.429. The fourth-order valence-electron chi connectivity index (χ4n) is 0.706. The van der Waals surface area contributed by atoms with Crippen LogP contribution in [0.3, 0.4) is 0 Å². The minimum absolute atomic E-state index is 0.322. The predicted octanol–water partition coefficient (Wildman–Crippen LogP) is -0.0373. The van der Waals surface area contributed by atoms with E-state index in [1.54, 1.807) is 0 Å². The number of carbonyl (C=O) groups is 2. The highest BCUT2D eigenvalue weighted by Gasteiger charge is 2.25. The molecule has 0 aromatic heterocycles. The minimum Gasteiger partial charge on any atom is -0.504 e. The van der Waals surface area contributed by atoms with Crippen molar-refractivity contribution in [3.63, 3.8) is 0 Å². The molecule has 0 aromatic rings. The van der Waals surface area contributed by atoms with Crippen LogP contribution in [0, 0.1) is 0 Å². The summed E-state index contributed by atoms with van der Waals surface area (Å²) in [6, 6.07) is 0. The Bertz CT molecular complexity index is 204. The monoisotopic (exact) mass is 172 g/mol. The highest BCUT2D eigenvalue weighted by atomic mass is 16.7. The van der Waals surface area contributed by atoms with Gasteiger partial charge in [-0.2, -0.15) is 0 Å². The Labute approximate surface area is 68.9 Å². The predicted molar refractivity (Wildman–Crippen MR) is 36.7 cm³/mol. The molecule has 0 N–H and O–H groups in total. The third kappa shape index (κ3) is 2.26. The van der Waals surface area contributed by atoms with E-state index >= 15 is 0 Å². The average molecular weight is 172 g/mol. The smallest absolute Gasteiger partial charge is 0.320 e. The quantitative estimate of drug-likeness (QED) is 0.332. The number of methoxy groups -OCH3 is 1. The molecule has 1 aliphatic rings. The van der Waals surface area contributed by atoms with E-state index in [9.17, 15) is 9.59 Å². The van der Waals surface area contributed by atoms with Gasteiger partial charge in [-0.15, -0.1) is 0 Å². The summed E-state index contributed by atoms with van der Waals surface area (Å²) in [5.41, 5.74) is 0. The summed E-state index contributed by atoms with van der Waals surface area (Å²) in [5, 5.41) is 0. The van der Waals surface area contributed by atoms with Crippen LogP contribution in [0.25, 0.3) is 0 Å². The summed E-state index contributed by atoms with van der Waals surface area (Å²) in [6.07, 6.45) is 1.33. The van der Waals surface area contributed by atoms with Gasteiger partial charge in [0.05, 0.1) is 13.4 Å². The molecule has 1 aliphatic heterocycles. The van der Waals surface area contributed by atoms with Crippen molar-refractivity contribution < 1.29 is 23.8 Å². The van der Waals surface area contributed by atoms with E-state index in [1.807, 2.05) is 0 Å². The Morgan fingerprint density at radius 2 is 2.00 bits per heavy atom. The molecule has 1 saturated heterocycles. The molecule has 66 valence electrons. The zero-order valence-electron chi connectivity index (χ0n) is 6.48. The first-order chi connectivity index (χ1) is 5.72. The largest absolute Gasteiger partial charge is 0.504 e. The third-order valence-corrected chi connectivity index (χ3v) is 1.16. The molecule has 0 unspecified atom stereocenters. The first kappa shape index (κ1) is 8.58. The fourth-order valence-corrected chi connectivity index (χ4v) is 0.706. The number of ether oxygens (including phenoxy) is 3. The number of rotatable bonds is 2. The maximum absolute atomic E-state index is 10.6. The Morgan fingerprint density at radius 3 is 2.50 bits per heavy atom. The van der Waals surface area contributed by atoms with Gasteiger partial charge in [0.1, 0.15) is 6.42 Å². The van der Waals surface area contributed by atoms with E-state index in [4.69, 9.17) is 0 Å². The van der Waals surface area contributed by atoms with Crippen LogP contribution in [0.1, 0.15) is 6.42 Å². The van der Waals surface area contributed by atoms with Crippen molar-refractivity contribution in [1.29, 1.82) is 0 Å². The molecule has 5 nitrogen and oxygen atoms in total. The summed E-state index contributed by atoms with van der Waals surface area (Å²) in [5.74, 6) is -1.17. The molecule has 5 heteroatoms. The lowest BCUT2D eigenvalue weighted by atomic mass is 10.4. The van der Waals surface area contributed by atoms with Crippen LogP contribution in [-0.2, 0) is 23.8 Å². The number of esters is 2. The third-order valence-electron chi connectivity index (χ3n) is 1.16. The maximum Gasteiger partial charge on any atom is 0.320 e. The molecule has 0 aliphatic carbocycles. The van der Waals surface area contributed by atoms with Crippen LogP contribution in [0.5, 0.6) is 0 Å². The highest BCUT2D eigenvalue weighted by Crippen LogP contribution is 2.08. The van der Waals surface area contributed by atoms with Gasteiger partial charge in [-0.1, -0.05) is 0 Å². The zero-order chi connectivity index (χ0) is 8.97. The molecule has 1 fully saturated rings. The van der Waals surface area contributed by atoms with Crippen LogP contribution in [0.2, 0.25) is 0 Å². The van der Waals surface area contributed by atoms with Gasteiger partial charge in [-0.05, 0) is 0 Å². The van der Waals surface area contributed by atoms with Crippen molar-refractivity contribution in [3.05, 3.63) is 12.3 Å². The Balaban J connectivity index is 2.49. The van der Waals surface area contributed by atoms with Crippen molar-refractivity contribution in [2.24, 2.45) is 0 Å². The van der Waals surface area contributed by atoms with E-state index < -0.39 is 18.2 Å². The lowest BCUT2D eigenvalue weighted by Gasteiger charge is -2.18. The highest BCUT2D eigenvalue weighted by molar-refractivity contribution is 5.92. The lowest BCUT2D eigenvalue weighted by molar-refractivity contribution is -0.194. The number of hydrogen-bond acceptors (Lipinski definition) is 5. The number of cyclic esters (lactones) is 2. The summed E-state index contributed by atoms with van der Waals surface area (Å²) < 4.78 is 13.8. The second-order valence-corrected chi connectivity index (χ2v) is 2.09. The van der Waals surface area contributed by atoms with E-state index in [2.05, 4.69) is 14.2 Å². The molecule has 0 aromatic carbocycles. The van der Waals surface area contributed by atoms with E-state index in [0.29, 0.717) is 0 Å². The molecule has 0 saturated carbocycles. The van der Waals surface area contributed by atoms with Gasteiger partial charge in [-0.3, -0.25) is 9.59 Å². The van der Waals surface area contributed by atoms with Crippen molar-refractivity contribution in [2.75, 3.05) is 7.11 Å². The van der Waals surface area contributed by atoms with Gasteiger partial charge < -0.3 is 14.2 Å². The van der Waals surface area contributed by atoms with Crippen molar-refractivity contribution >= 4 is 11.9 Å². The zero-order valence-corrected chi connectivity index (χ0v) is 6.48. The first-order valence-electron chi connectivity index (χ1n) is 3.31. The van der Waals surface area contributed by atoms with Crippen LogP contribution in [0.4, 0.5) is 0 Å². The van der Waals surface area contributed by atoms with Gasteiger partial charge >= 0.3 is 11.9 Å².